The van der Waals surface area contributed by atoms with Crippen molar-refractivity contribution >= 4 is 27.3 Å². The largest absolute Gasteiger partial charge is 0.320 e. The Morgan fingerprint density at radius 2 is 2.12 bits per heavy atom. The number of halogens is 1. The molecule has 0 aliphatic rings. The zero-order chi connectivity index (χ0) is 11.9. The Hall–Kier alpha value is -0.650. The summed E-state index contributed by atoms with van der Waals surface area (Å²) in [6, 6.07) is -0.102. The molecule has 16 heavy (non-hydrogen) atoms. The summed E-state index contributed by atoms with van der Waals surface area (Å²) in [5, 5.41) is 8.53. The first-order chi connectivity index (χ1) is 7.52. The third kappa shape index (κ3) is 1.83. The number of aryl methyl sites for hydroxylation is 2. The normalized spacial score (nSPS) is 13.1. The fourth-order valence-electron chi connectivity index (χ4n) is 1.91. The second-order valence-electron chi connectivity index (χ2n) is 3.86. The average molecular weight is 300 g/mol. The summed E-state index contributed by atoms with van der Waals surface area (Å²) < 4.78 is 2.96. The van der Waals surface area contributed by atoms with E-state index in [1.54, 1.807) is 11.3 Å². The Bertz CT molecular complexity index is 515. The lowest BCUT2D eigenvalue weighted by Crippen LogP contribution is -2.13. The molecular weight excluding hydrogens is 286 g/mol. The van der Waals surface area contributed by atoms with Crippen LogP contribution in [0.25, 0.3) is 0 Å². The van der Waals surface area contributed by atoms with Crippen LogP contribution in [-0.2, 0) is 7.05 Å². The van der Waals surface area contributed by atoms with Gasteiger partial charge in [0.2, 0.25) is 0 Å². The van der Waals surface area contributed by atoms with Crippen LogP contribution in [0.3, 0.4) is 0 Å². The molecule has 0 bridgehead atoms. The number of hydrogen-bond donors (Lipinski definition) is 1. The number of nitrogens with two attached hydrogens (primary N) is 1. The maximum absolute atomic E-state index is 6.30. The minimum Gasteiger partial charge on any atom is -0.320 e. The quantitative estimate of drug-likeness (QED) is 0.926. The van der Waals surface area contributed by atoms with Crippen molar-refractivity contribution in [2.24, 2.45) is 12.8 Å². The van der Waals surface area contributed by atoms with Crippen molar-refractivity contribution in [1.29, 1.82) is 0 Å². The molecule has 1 atom stereocenters. The third-order valence-electron chi connectivity index (χ3n) is 2.85. The zero-order valence-corrected chi connectivity index (χ0v) is 11.9. The van der Waals surface area contributed by atoms with Crippen LogP contribution in [0, 0.1) is 13.8 Å². The van der Waals surface area contributed by atoms with E-state index < -0.39 is 0 Å². The molecule has 0 aromatic carbocycles. The Morgan fingerprint density at radius 3 is 2.56 bits per heavy atom. The van der Waals surface area contributed by atoms with Crippen LogP contribution >= 0.6 is 27.3 Å². The molecule has 5 heteroatoms. The van der Waals surface area contributed by atoms with Gasteiger partial charge in [0, 0.05) is 28.2 Å². The summed E-state index contributed by atoms with van der Waals surface area (Å²) in [6.45, 7) is 4.05. The molecule has 2 aromatic rings. The molecule has 0 amide bonds. The van der Waals surface area contributed by atoms with Crippen molar-refractivity contribution in [2.45, 2.75) is 19.9 Å². The smallest absolute Gasteiger partial charge is 0.0647 e. The van der Waals surface area contributed by atoms with Crippen molar-refractivity contribution in [2.75, 3.05) is 0 Å². The summed E-state index contributed by atoms with van der Waals surface area (Å²) >= 11 is 5.18. The summed E-state index contributed by atoms with van der Waals surface area (Å²) in [5.74, 6) is 0. The van der Waals surface area contributed by atoms with Crippen LogP contribution in [0.2, 0.25) is 0 Å². The van der Waals surface area contributed by atoms with Gasteiger partial charge in [-0.15, -0.1) is 0 Å². The van der Waals surface area contributed by atoms with E-state index in [9.17, 15) is 0 Å². The fourth-order valence-corrected chi connectivity index (χ4v) is 3.49. The third-order valence-corrected chi connectivity index (χ3v) is 4.60. The summed E-state index contributed by atoms with van der Waals surface area (Å²) in [5.41, 5.74) is 10.7. The van der Waals surface area contributed by atoms with Gasteiger partial charge in [-0.05, 0) is 40.7 Å². The Balaban J connectivity index is 2.49. The van der Waals surface area contributed by atoms with Crippen LogP contribution in [0.4, 0.5) is 0 Å². The van der Waals surface area contributed by atoms with Gasteiger partial charge in [-0.25, -0.2) is 0 Å². The van der Waals surface area contributed by atoms with E-state index in [1.807, 2.05) is 18.7 Å². The topological polar surface area (TPSA) is 43.8 Å². The first-order valence-corrected chi connectivity index (χ1v) is 6.73. The molecule has 86 valence electrons. The van der Waals surface area contributed by atoms with Crippen LogP contribution < -0.4 is 5.73 Å². The van der Waals surface area contributed by atoms with Gasteiger partial charge in [-0.1, -0.05) is 0 Å². The number of rotatable bonds is 2. The monoisotopic (exact) mass is 299 g/mol. The first kappa shape index (κ1) is 11.8. The van der Waals surface area contributed by atoms with Crippen LogP contribution in [0.1, 0.15) is 28.6 Å². The first-order valence-electron chi connectivity index (χ1n) is 4.99. The molecular formula is C11H14BrN3S. The van der Waals surface area contributed by atoms with E-state index in [4.69, 9.17) is 5.73 Å². The molecule has 2 aromatic heterocycles. The van der Waals surface area contributed by atoms with Crippen molar-refractivity contribution in [1.82, 2.24) is 9.78 Å². The molecule has 2 heterocycles. The Kier molecular flexibility index (Phi) is 3.19. The highest BCUT2D eigenvalue weighted by molar-refractivity contribution is 9.10. The molecule has 0 radical (unpaired) electrons. The molecule has 0 aliphatic carbocycles. The standard InChI is InChI=1S/C11H14BrN3S/c1-6-10(7(2)15(3)14-6)11(13)8-4-16-5-9(8)12/h4-5,11H,13H2,1-3H3. The predicted molar refractivity (Wildman–Crippen MR) is 70.7 cm³/mol. The molecule has 0 saturated carbocycles. The van der Waals surface area contributed by atoms with Crippen LogP contribution in [-0.4, -0.2) is 9.78 Å². The van der Waals surface area contributed by atoms with Crippen molar-refractivity contribution in [3.8, 4) is 0 Å². The minimum absolute atomic E-state index is 0.102. The Labute approximate surface area is 107 Å². The Morgan fingerprint density at radius 1 is 1.44 bits per heavy atom. The number of hydrogen-bond acceptors (Lipinski definition) is 3. The highest BCUT2D eigenvalue weighted by atomic mass is 79.9. The van der Waals surface area contributed by atoms with E-state index in [-0.39, 0.29) is 6.04 Å². The van der Waals surface area contributed by atoms with E-state index in [1.165, 1.54) is 0 Å². The molecule has 0 spiro atoms. The van der Waals surface area contributed by atoms with Gasteiger partial charge >= 0.3 is 0 Å². The molecule has 0 fully saturated rings. The lowest BCUT2D eigenvalue weighted by Gasteiger charge is -2.11. The number of nitrogens with zero attached hydrogens (tertiary/aromatic N) is 2. The predicted octanol–water partition coefficient (Wildman–Crippen LogP) is 2.91. The van der Waals surface area contributed by atoms with Crippen LogP contribution in [0.5, 0.6) is 0 Å². The van der Waals surface area contributed by atoms with Crippen LogP contribution in [0.15, 0.2) is 15.2 Å². The van der Waals surface area contributed by atoms with E-state index in [0.29, 0.717) is 0 Å². The molecule has 0 aliphatic heterocycles. The maximum atomic E-state index is 6.30. The number of thiophene rings is 1. The fraction of sp³-hybridized carbons (Fsp3) is 0.364. The lowest BCUT2D eigenvalue weighted by molar-refractivity contribution is 0.728. The summed E-state index contributed by atoms with van der Waals surface area (Å²) in [4.78, 5) is 0. The molecule has 2 N–H and O–H groups in total. The summed E-state index contributed by atoms with van der Waals surface area (Å²) in [6.07, 6.45) is 0. The average Bonchev–Trinajstić information content (AvgIpc) is 2.73. The van der Waals surface area contributed by atoms with Crippen molar-refractivity contribution in [3.05, 3.63) is 37.7 Å². The lowest BCUT2D eigenvalue weighted by atomic mass is 10.0. The number of aromatic nitrogens is 2. The van der Waals surface area contributed by atoms with Gasteiger partial charge in [0.15, 0.2) is 0 Å². The molecule has 1 unspecified atom stereocenters. The van der Waals surface area contributed by atoms with Gasteiger partial charge in [0.25, 0.3) is 0 Å². The van der Waals surface area contributed by atoms with E-state index in [0.717, 1.165) is 27.0 Å². The highest BCUT2D eigenvalue weighted by Crippen LogP contribution is 2.32. The second kappa shape index (κ2) is 4.31. The maximum Gasteiger partial charge on any atom is 0.0647 e. The highest BCUT2D eigenvalue weighted by Gasteiger charge is 2.20. The van der Waals surface area contributed by atoms with Gasteiger partial charge in [-0.3, -0.25) is 4.68 Å². The minimum atomic E-state index is -0.102. The van der Waals surface area contributed by atoms with Crippen molar-refractivity contribution < 1.29 is 0 Å². The molecule has 0 saturated heterocycles. The van der Waals surface area contributed by atoms with Gasteiger partial charge < -0.3 is 5.73 Å². The molecule has 3 nitrogen and oxygen atoms in total. The van der Waals surface area contributed by atoms with Gasteiger partial charge in [0.05, 0.1) is 11.7 Å². The van der Waals surface area contributed by atoms with E-state index >= 15 is 0 Å². The second-order valence-corrected chi connectivity index (χ2v) is 5.46. The van der Waals surface area contributed by atoms with E-state index in [2.05, 4.69) is 38.7 Å². The molecule has 2 rings (SSSR count). The SMILES string of the molecule is Cc1nn(C)c(C)c1C(N)c1cscc1Br. The summed E-state index contributed by atoms with van der Waals surface area (Å²) in [7, 11) is 1.95. The zero-order valence-electron chi connectivity index (χ0n) is 9.49. The van der Waals surface area contributed by atoms with Gasteiger partial charge in [-0.2, -0.15) is 16.4 Å². The van der Waals surface area contributed by atoms with Gasteiger partial charge in [0.1, 0.15) is 0 Å². The van der Waals surface area contributed by atoms with Crippen molar-refractivity contribution in [3.63, 3.8) is 0 Å².